The van der Waals surface area contributed by atoms with Crippen molar-refractivity contribution in [3.8, 4) is 5.75 Å². The Morgan fingerprint density at radius 3 is 2.89 bits per heavy atom. The molecule has 1 rings (SSSR count). The number of hydrogen-bond acceptors (Lipinski definition) is 4. The number of hydrogen-bond donors (Lipinski definition) is 0. The maximum atomic E-state index is 11.4. The van der Waals surface area contributed by atoms with Gasteiger partial charge >= 0.3 is 5.97 Å². The quantitative estimate of drug-likeness (QED) is 0.259. The van der Waals surface area contributed by atoms with Crippen LogP contribution in [0.4, 0.5) is 0 Å². The lowest BCUT2D eigenvalue weighted by Gasteiger charge is -2.06. The third kappa shape index (κ3) is 4.37. The smallest absolute Gasteiger partial charge is 0.337 e. The van der Waals surface area contributed by atoms with Gasteiger partial charge in [-0.1, -0.05) is 17.3 Å². The van der Waals surface area contributed by atoms with E-state index in [1.54, 1.807) is 25.3 Å². The van der Waals surface area contributed by atoms with Gasteiger partial charge in [-0.05, 0) is 30.2 Å². The number of esters is 1. The maximum Gasteiger partial charge on any atom is 0.337 e. The summed E-state index contributed by atoms with van der Waals surface area (Å²) in [7, 11) is 2.90. The van der Waals surface area contributed by atoms with Crippen LogP contribution in [0.1, 0.15) is 22.3 Å². The molecular weight excluding hydrogens is 246 g/mol. The molecule has 0 spiro atoms. The van der Waals surface area contributed by atoms with Crippen LogP contribution in [0, 0.1) is 0 Å². The summed E-state index contributed by atoms with van der Waals surface area (Å²) < 4.78 is 9.87. The van der Waals surface area contributed by atoms with E-state index in [4.69, 9.17) is 10.3 Å². The van der Waals surface area contributed by atoms with Gasteiger partial charge in [0.15, 0.2) is 0 Å². The van der Waals surface area contributed by atoms with Crippen LogP contribution in [0.3, 0.4) is 0 Å². The van der Waals surface area contributed by atoms with Gasteiger partial charge in [-0.25, -0.2) is 4.79 Å². The normalized spacial score (nSPS) is 10.0. The summed E-state index contributed by atoms with van der Waals surface area (Å²) in [6.45, 7) is 0.395. The molecule has 0 unspecified atom stereocenters. The van der Waals surface area contributed by atoms with E-state index in [1.807, 2.05) is 12.2 Å². The molecular formula is C13H15N3O3. The third-order valence-corrected chi connectivity index (χ3v) is 2.41. The monoisotopic (exact) mass is 261 g/mol. The summed E-state index contributed by atoms with van der Waals surface area (Å²) in [6.07, 6.45) is 4.29. The average Bonchev–Trinajstić information content (AvgIpc) is 2.46. The molecule has 0 aromatic heterocycles. The van der Waals surface area contributed by atoms with Gasteiger partial charge in [-0.15, -0.1) is 0 Å². The minimum absolute atomic E-state index is 0.395. The molecule has 0 amide bonds. The van der Waals surface area contributed by atoms with Crippen LogP contribution in [0.2, 0.25) is 0 Å². The van der Waals surface area contributed by atoms with Crippen LogP contribution in [-0.2, 0) is 4.74 Å². The molecule has 19 heavy (non-hydrogen) atoms. The second-order valence-electron chi connectivity index (χ2n) is 3.59. The van der Waals surface area contributed by atoms with E-state index >= 15 is 0 Å². The molecule has 0 saturated carbocycles. The third-order valence-electron chi connectivity index (χ3n) is 2.41. The summed E-state index contributed by atoms with van der Waals surface area (Å²) in [6, 6.07) is 5.04. The first-order chi connectivity index (χ1) is 9.22. The SMILES string of the molecule is COC(=O)c1ccc(OC)c(C=CCCN=[N+]=[N-])c1. The molecule has 1 aromatic carbocycles. The van der Waals surface area contributed by atoms with E-state index in [1.165, 1.54) is 7.11 Å². The number of carbonyl (C=O) groups excluding carboxylic acids is 1. The van der Waals surface area contributed by atoms with Crippen molar-refractivity contribution >= 4 is 12.0 Å². The molecule has 0 fully saturated rings. The lowest BCUT2D eigenvalue weighted by Crippen LogP contribution is -2.01. The lowest BCUT2D eigenvalue weighted by atomic mass is 10.1. The number of azide groups is 1. The molecule has 0 bridgehead atoms. The predicted octanol–water partition coefficient (Wildman–Crippen LogP) is 3.20. The van der Waals surface area contributed by atoms with E-state index in [-0.39, 0.29) is 0 Å². The van der Waals surface area contributed by atoms with E-state index in [0.29, 0.717) is 24.3 Å². The zero-order chi connectivity index (χ0) is 14.1. The van der Waals surface area contributed by atoms with Crippen LogP contribution in [0.25, 0.3) is 16.5 Å². The fourth-order valence-electron chi connectivity index (χ4n) is 1.50. The van der Waals surface area contributed by atoms with Gasteiger partial charge in [-0.2, -0.15) is 0 Å². The van der Waals surface area contributed by atoms with Gasteiger partial charge < -0.3 is 9.47 Å². The Labute approximate surface area is 111 Å². The molecule has 100 valence electrons. The Bertz CT molecular complexity index is 520. The number of nitrogens with zero attached hydrogens (tertiary/aromatic N) is 3. The Morgan fingerprint density at radius 1 is 1.47 bits per heavy atom. The Kier molecular flexibility index (Phi) is 5.98. The highest BCUT2D eigenvalue weighted by atomic mass is 16.5. The van der Waals surface area contributed by atoms with Crippen molar-refractivity contribution in [2.45, 2.75) is 6.42 Å². The van der Waals surface area contributed by atoms with Gasteiger partial charge in [0.05, 0.1) is 19.8 Å². The maximum absolute atomic E-state index is 11.4. The summed E-state index contributed by atoms with van der Waals surface area (Å²) in [4.78, 5) is 14.1. The molecule has 0 aliphatic heterocycles. The van der Waals surface area contributed by atoms with Crippen molar-refractivity contribution < 1.29 is 14.3 Å². The zero-order valence-electron chi connectivity index (χ0n) is 10.9. The molecule has 0 heterocycles. The van der Waals surface area contributed by atoms with E-state index in [9.17, 15) is 4.79 Å². The number of ether oxygens (including phenoxy) is 2. The highest BCUT2D eigenvalue weighted by Crippen LogP contribution is 2.22. The first-order valence-electron chi connectivity index (χ1n) is 5.66. The van der Waals surface area contributed by atoms with Crippen LogP contribution in [0.5, 0.6) is 5.75 Å². The average molecular weight is 261 g/mol. The standard InChI is InChI=1S/C13H15N3O3/c1-18-12-7-6-11(13(17)19-2)9-10(12)5-3-4-8-15-16-14/h3,5-7,9H,4,8H2,1-2H3. The van der Waals surface area contributed by atoms with Crippen molar-refractivity contribution in [1.82, 2.24) is 0 Å². The molecule has 0 aliphatic rings. The summed E-state index contributed by atoms with van der Waals surface area (Å²) >= 11 is 0. The fraction of sp³-hybridized carbons (Fsp3) is 0.308. The van der Waals surface area contributed by atoms with E-state index in [2.05, 4.69) is 14.8 Å². The van der Waals surface area contributed by atoms with Crippen molar-refractivity contribution in [3.63, 3.8) is 0 Å². The van der Waals surface area contributed by atoms with Gasteiger partial charge in [0, 0.05) is 17.0 Å². The van der Waals surface area contributed by atoms with Crippen LogP contribution in [-0.4, -0.2) is 26.7 Å². The van der Waals surface area contributed by atoms with E-state index in [0.717, 1.165) is 5.56 Å². The van der Waals surface area contributed by atoms with Crippen molar-refractivity contribution in [3.05, 3.63) is 45.8 Å². The fourth-order valence-corrected chi connectivity index (χ4v) is 1.50. The van der Waals surface area contributed by atoms with Crippen LogP contribution in [0.15, 0.2) is 29.4 Å². The molecule has 0 N–H and O–H groups in total. The second-order valence-corrected chi connectivity index (χ2v) is 3.59. The lowest BCUT2D eigenvalue weighted by molar-refractivity contribution is 0.0600. The highest BCUT2D eigenvalue weighted by molar-refractivity contribution is 5.90. The van der Waals surface area contributed by atoms with Crippen molar-refractivity contribution in [2.24, 2.45) is 5.11 Å². The molecule has 0 atom stereocenters. The zero-order valence-corrected chi connectivity index (χ0v) is 10.9. The van der Waals surface area contributed by atoms with E-state index < -0.39 is 5.97 Å². The second kappa shape index (κ2) is 7.79. The van der Waals surface area contributed by atoms with Crippen LogP contribution < -0.4 is 4.74 Å². The summed E-state index contributed by atoms with van der Waals surface area (Å²) in [5.41, 5.74) is 9.38. The largest absolute Gasteiger partial charge is 0.496 e. The number of rotatable bonds is 6. The Hall–Kier alpha value is -2.46. The summed E-state index contributed by atoms with van der Waals surface area (Å²) in [5.74, 6) is 0.263. The van der Waals surface area contributed by atoms with Crippen LogP contribution >= 0.6 is 0 Å². The van der Waals surface area contributed by atoms with Gasteiger partial charge in [0.1, 0.15) is 5.75 Å². The Morgan fingerprint density at radius 2 is 2.26 bits per heavy atom. The predicted molar refractivity (Wildman–Crippen MR) is 72.0 cm³/mol. The number of benzene rings is 1. The van der Waals surface area contributed by atoms with Crippen molar-refractivity contribution in [1.29, 1.82) is 0 Å². The Balaban J connectivity index is 2.89. The molecule has 0 saturated heterocycles. The molecule has 6 heteroatoms. The molecule has 0 aliphatic carbocycles. The summed E-state index contributed by atoms with van der Waals surface area (Å²) in [5, 5.41) is 3.43. The van der Waals surface area contributed by atoms with Gasteiger partial charge in [0.2, 0.25) is 0 Å². The topological polar surface area (TPSA) is 84.3 Å². The van der Waals surface area contributed by atoms with Gasteiger partial charge in [0.25, 0.3) is 0 Å². The first-order valence-corrected chi connectivity index (χ1v) is 5.66. The molecule has 0 radical (unpaired) electrons. The molecule has 6 nitrogen and oxygen atoms in total. The minimum atomic E-state index is -0.397. The highest BCUT2D eigenvalue weighted by Gasteiger charge is 2.08. The number of carbonyl (C=O) groups is 1. The minimum Gasteiger partial charge on any atom is -0.496 e. The first kappa shape index (κ1) is 14.6. The van der Waals surface area contributed by atoms with Crippen molar-refractivity contribution in [2.75, 3.05) is 20.8 Å². The number of methoxy groups -OCH3 is 2. The molecule has 1 aromatic rings. The van der Waals surface area contributed by atoms with Gasteiger partial charge in [-0.3, -0.25) is 0 Å².